The van der Waals surface area contributed by atoms with Crippen LogP contribution in [0.1, 0.15) is 12.6 Å². The summed E-state index contributed by atoms with van der Waals surface area (Å²) in [5.74, 6) is 0.422. The first-order chi connectivity index (χ1) is 11.3. The number of sulfone groups is 1. The fraction of sp³-hybridized carbons (Fsp3) is 0.188. The monoisotopic (exact) mass is 408 g/mol. The van der Waals surface area contributed by atoms with Crippen LogP contribution in [0.25, 0.3) is 16.7 Å². The predicted octanol–water partition coefficient (Wildman–Crippen LogP) is 2.52. The van der Waals surface area contributed by atoms with Crippen LogP contribution < -0.4 is 0 Å². The summed E-state index contributed by atoms with van der Waals surface area (Å²) < 4.78 is 26.2. The first-order valence-corrected chi connectivity index (χ1v) is 9.81. The van der Waals surface area contributed by atoms with Crippen molar-refractivity contribution in [2.45, 2.75) is 18.2 Å². The van der Waals surface area contributed by atoms with E-state index < -0.39 is 15.9 Å². The molecule has 1 N–H and O–H groups in total. The van der Waals surface area contributed by atoms with E-state index >= 15 is 0 Å². The van der Waals surface area contributed by atoms with E-state index in [9.17, 15) is 13.5 Å². The predicted molar refractivity (Wildman–Crippen MR) is 94.8 cm³/mol. The topological polar surface area (TPSA) is 85.1 Å². The minimum Gasteiger partial charge on any atom is -0.393 e. The van der Waals surface area contributed by atoms with Crippen LogP contribution in [0.2, 0.25) is 0 Å². The van der Waals surface area contributed by atoms with Crippen molar-refractivity contribution in [1.82, 2.24) is 14.5 Å². The molecule has 1 atom stereocenters. The molecule has 8 heteroatoms. The summed E-state index contributed by atoms with van der Waals surface area (Å²) in [7, 11) is -3.52. The van der Waals surface area contributed by atoms with Gasteiger partial charge in [-0.3, -0.25) is 4.57 Å². The minimum atomic E-state index is -3.52. The van der Waals surface area contributed by atoms with Gasteiger partial charge in [-0.15, -0.1) is 0 Å². The van der Waals surface area contributed by atoms with Crippen LogP contribution >= 0.6 is 15.9 Å². The lowest BCUT2D eigenvalue weighted by Gasteiger charge is -2.11. The third kappa shape index (κ3) is 3.35. The summed E-state index contributed by atoms with van der Waals surface area (Å²) in [6.45, 7) is 1.65. The molecule has 24 heavy (non-hydrogen) atoms. The number of halogens is 1. The Kier molecular flexibility index (Phi) is 4.46. The van der Waals surface area contributed by atoms with Gasteiger partial charge >= 0.3 is 0 Å². The summed E-state index contributed by atoms with van der Waals surface area (Å²) in [5, 5.41) is 10.4. The number of benzene rings is 1. The Morgan fingerprint density at radius 1 is 1.29 bits per heavy atom. The lowest BCUT2D eigenvalue weighted by atomic mass is 10.2. The van der Waals surface area contributed by atoms with Crippen molar-refractivity contribution in [3.05, 3.63) is 53.1 Å². The zero-order valence-electron chi connectivity index (χ0n) is 13.0. The molecule has 2 heterocycles. The molecular weight excluding hydrogens is 394 g/mol. The molecule has 0 aliphatic carbocycles. The average molecular weight is 409 g/mol. The summed E-state index contributed by atoms with van der Waals surface area (Å²) in [5.41, 5.74) is 1.56. The van der Waals surface area contributed by atoms with Gasteiger partial charge in [0.25, 0.3) is 0 Å². The highest BCUT2D eigenvalue weighted by Gasteiger charge is 2.17. The van der Waals surface area contributed by atoms with Gasteiger partial charge in [0.1, 0.15) is 5.82 Å². The van der Waals surface area contributed by atoms with Gasteiger partial charge < -0.3 is 5.11 Å². The van der Waals surface area contributed by atoms with Gasteiger partial charge in [-0.1, -0.05) is 22.0 Å². The van der Waals surface area contributed by atoms with Gasteiger partial charge in [-0.05, 0) is 31.2 Å². The molecule has 0 saturated carbocycles. The van der Waals surface area contributed by atoms with Crippen LogP contribution in [0.3, 0.4) is 0 Å². The number of aromatic nitrogens is 3. The second-order valence-corrected chi connectivity index (χ2v) is 8.31. The summed E-state index contributed by atoms with van der Waals surface area (Å²) in [6.07, 6.45) is 3.50. The van der Waals surface area contributed by atoms with E-state index in [-0.39, 0.29) is 5.16 Å². The molecule has 125 valence electrons. The fourth-order valence-corrected chi connectivity index (χ4v) is 3.32. The molecule has 3 rings (SSSR count). The molecule has 0 saturated heterocycles. The highest BCUT2D eigenvalue weighted by Crippen LogP contribution is 2.28. The molecule has 1 unspecified atom stereocenters. The minimum absolute atomic E-state index is 0.236. The maximum absolute atomic E-state index is 11.7. The number of aliphatic hydroxyl groups is 1. The van der Waals surface area contributed by atoms with Gasteiger partial charge in [0.05, 0.1) is 11.6 Å². The van der Waals surface area contributed by atoms with Gasteiger partial charge in [0.15, 0.2) is 0 Å². The molecule has 6 nitrogen and oxygen atoms in total. The molecule has 0 amide bonds. The number of nitrogens with zero attached hydrogens (tertiary/aromatic N) is 3. The van der Waals surface area contributed by atoms with Crippen molar-refractivity contribution in [3.63, 3.8) is 0 Å². The lowest BCUT2D eigenvalue weighted by molar-refractivity contribution is 0.230. The van der Waals surface area contributed by atoms with Crippen LogP contribution in [-0.2, 0) is 9.84 Å². The molecule has 3 aromatic rings. The number of hydrogen-bond acceptors (Lipinski definition) is 5. The van der Waals surface area contributed by atoms with Crippen molar-refractivity contribution in [3.8, 4) is 5.82 Å². The Balaban J connectivity index is 2.29. The molecular formula is C16H15BrN3O3S. The van der Waals surface area contributed by atoms with E-state index in [2.05, 4.69) is 25.9 Å². The standard InChI is InChI=1S/C16H15BrN3O3S/c1-10(21)7-13-8-11-3-4-12(17)9-14(11)20(13)15-5-6-18-16(19-15)24(2,22)23/h3-10,21H,1-2H3. The highest BCUT2D eigenvalue weighted by atomic mass is 79.9. The van der Waals surface area contributed by atoms with Crippen molar-refractivity contribution in [2.24, 2.45) is 0 Å². The second-order valence-electron chi connectivity index (χ2n) is 5.48. The molecule has 0 fully saturated rings. The number of rotatable bonds is 4. The average Bonchev–Trinajstić information content (AvgIpc) is 2.82. The molecule has 2 aromatic heterocycles. The van der Waals surface area contributed by atoms with E-state index in [4.69, 9.17) is 0 Å². The highest BCUT2D eigenvalue weighted by molar-refractivity contribution is 9.10. The van der Waals surface area contributed by atoms with E-state index in [0.717, 1.165) is 27.3 Å². The third-order valence-corrected chi connectivity index (χ3v) is 4.74. The Bertz CT molecular complexity index is 1010. The van der Waals surface area contributed by atoms with Gasteiger partial charge in [0, 0.05) is 34.4 Å². The fourth-order valence-electron chi connectivity index (χ4n) is 2.46. The van der Waals surface area contributed by atoms with Crippen molar-refractivity contribution < 1.29 is 13.5 Å². The summed E-state index contributed by atoms with van der Waals surface area (Å²) >= 11 is 3.44. The zero-order chi connectivity index (χ0) is 17.5. The number of aliphatic hydroxyl groups excluding tert-OH is 1. The molecule has 1 radical (unpaired) electrons. The van der Waals surface area contributed by atoms with Crippen LogP contribution in [0.4, 0.5) is 0 Å². The van der Waals surface area contributed by atoms with Crippen LogP contribution in [0.5, 0.6) is 0 Å². The van der Waals surface area contributed by atoms with E-state index in [1.807, 2.05) is 24.3 Å². The van der Waals surface area contributed by atoms with Gasteiger partial charge in [-0.25, -0.2) is 18.4 Å². The smallest absolute Gasteiger partial charge is 0.248 e. The molecule has 0 aliphatic heterocycles. The van der Waals surface area contributed by atoms with Crippen molar-refractivity contribution in [1.29, 1.82) is 0 Å². The molecule has 0 bridgehead atoms. The van der Waals surface area contributed by atoms with Crippen LogP contribution in [0, 0.1) is 6.42 Å². The van der Waals surface area contributed by atoms with E-state index in [1.54, 1.807) is 24.0 Å². The Hall–Kier alpha value is -1.77. The van der Waals surface area contributed by atoms with Gasteiger partial charge in [-0.2, -0.15) is 0 Å². The van der Waals surface area contributed by atoms with Crippen molar-refractivity contribution in [2.75, 3.05) is 6.26 Å². The Morgan fingerprint density at radius 2 is 2.04 bits per heavy atom. The molecule has 0 aliphatic rings. The van der Waals surface area contributed by atoms with Crippen LogP contribution in [-0.4, -0.2) is 40.4 Å². The molecule has 1 aromatic carbocycles. The van der Waals surface area contributed by atoms with E-state index in [0.29, 0.717) is 5.82 Å². The quantitative estimate of drug-likeness (QED) is 0.670. The number of hydrogen-bond donors (Lipinski definition) is 1. The largest absolute Gasteiger partial charge is 0.393 e. The second kappa shape index (κ2) is 6.27. The first kappa shape index (κ1) is 17.1. The van der Waals surface area contributed by atoms with E-state index in [1.165, 1.54) is 6.20 Å². The zero-order valence-corrected chi connectivity index (χ0v) is 15.4. The number of fused-ring (bicyclic) bond motifs is 1. The molecule has 0 spiro atoms. The Morgan fingerprint density at radius 3 is 2.71 bits per heavy atom. The Labute approximate surface area is 148 Å². The maximum Gasteiger partial charge on any atom is 0.248 e. The summed E-state index contributed by atoms with van der Waals surface area (Å²) in [4.78, 5) is 8.01. The first-order valence-electron chi connectivity index (χ1n) is 7.13. The SMILES string of the molecule is CC(O)[CH]c1cc2ccc(Br)cc2n1-c1ccnc(S(C)(=O)=O)n1. The van der Waals surface area contributed by atoms with Gasteiger partial charge in [0.2, 0.25) is 15.0 Å². The van der Waals surface area contributed by atoms with Crippen molar-refractivity contribution >= 4 is 36.7 Å². The van der Waals surface area contributed by atoms with Crippen LogP contribution in [0.15, 0.2) is 46.2 Å². The maximum atomic E-state index is 11.7. The third-order valence-electron chi connectivity index (χ3n) is 3.39. The summed E-state index contributed by atoms with van der Waals surface area (Å²) in [6, 6.07) is 9.32. The lowest BCUT2D eigenvalue weighted by Crippen LogP contribution is -2.11. The normalized spacial score (nSPS) is 13.3.